The Morgan fingerprint density at radius 2 is 2.12 bits per heavy atom. The molecule has 17 heavy (non-hydrogen) atoms. The lowest BCUT2D eigenvalue weighted by molar-refractivity contribution is -0.139. The Kier molecular flexibility index (Phi) is 4.58. The normalized spacial score (nSPS) is 9.71. The van der Waals surface area contributed by atoms with E-state index in [1.807, 2.05) is 0 Å². The molecule has 0 bridgehead atoms. The van der Waals surface area contributed by atoms with E-state index in [2.05, 4.69) is 28.0 Å². The summed E-state index contributed by atoms with van der Waals surface area (Å²) in [6.45, 7) is 0.200. The monoisotopic (exact) mass is 255 g/mol. The Morgan fingerprint density at radius 1 is 1.47 bits per heavy atom. The third-order valence-corrected chi connectivity index (χ3v) is 1.97. The Morgan fingerprint density at radius 3 is 2.65 bits per heavy atom. The number of nitrogens with zero attached hydrogens (tertiary/aromatic N) is 2. The zero-order chi connectivity index (χ0) is 12.8. The van der Waals surface area contributed by atoms with Crippen LogP contribution in [0.1, 0.15) is 5.69 Å². The molecule has 4 N–H and O–H groups in total. The summed E-state index contributed by atoms with van der Waals surface area (Å²) >= 11 is 4.56. The van der Waals surface area contributed by atoms with E-state index in [0.29, 0.717) is 5.69 Å². The number of nitrogens with two attached hydrogens (primary N) is 1. The molecule has 0 saturated heterocycles. The Hall–Kier alpha value is -1.96. The van der Waals surface area contributed by atoms with Gasteiger partial charge in [0, 0.05) is 13.2 Å². The quantitative estimate of drug-likeness (QED) is 0.446. The van der Waals surface area contributed by atoms with Crippen molar-refractivity contribution < 1.29 is 9.59 Å². The van der Waals surface area contributed by atoms with Gasteiger partial charge in [0.15, 0.2) is 0 Å². The second kappa shape index (κ2) is 5.94. The lowest BCUT2D eigenvalue weighted by Gasteiger charge is -2.04. The zero-order valence-corrected chi connectivity index (χ0v) is 10.1. The first-order chi connectivity index (χ1) is 7.99. The van der Waals surface area contributed by atoms with Gasteiger partial charge in [-0.1, -0.05) is 12.2 Å². The third-order valence-electron chi connectivity index (χ3n) is 1.83. The van der Waals surface area contributed by atoms with Crippen LogP contribution in [0.4, 0.5) is 0 Å². The van der Waals surface area contributed by atoms with Crippen LogP contribution in [-0.2, 0) is 23.2 Å². The molecule has 1 aromatic heterocycles. The number of thiocarbonyl (C=S) groups is 1. The number of carbonyl (C=O) groups is 2. The van der Waals surface area contributed by atoms with Crippen LogP contribution >= 0.6 is 12.2 Å². The summed E-state index contributed by atoms with van der Waals surface area (Å²) in [6, 6.07) is 1.74. The van der Waals surface area contributed by atoms with Gasteiger partial charge in [-0.25, -0.2) is 0 Å². The van der Waals surface area contributed by atoms with Crippen LogP contribution in [0.3, 0.4) is 0 Å². The van der Waals surface area contributed by atoms with Crippen LogP contribution in [0.15, 0.2) is 12.3 Å². The predicted molar refractivity (Wildman–Crippen MR) is 64.8 cm³/mol. The van der Waals surface area contributed by atoms with Crippen LogP contribution in [-0.4, -0.2) is 33.1 Å². The molecule has 0 atom stereocenters. The Labute approximate surface area is 103 Å². The number of nitrogens with one attached hydrogen (secondary N) is 2. The first-order valence-corrected chi connectivity index (χ1v) is 5.22. The maximum absolute atomic E-state index is 11.3. The summed E-state index contributed by atoms with van der Waals surface area (Å²) in [5.74, 6) is -1.51. The van der Waals surface area contributed by atoms with Gasteiger partial charge in [0.05, 0.1) is 23.8 Å². The standard InChI is InChI=1S/C9H13N5O2S/c1-14-3-2-6(13-14)4-11-8(15)9(16)12-5-7(10)17/h2-3H,4-5H2,1H3,(H2,10,17)(H,11,15)(H,12,16). The van der Waals surface area contributed by atoms with Crippen LogP contribution in [0.2, 0.25) is 0 Å². The maximum atomic E-state index is 11.3. The molecule has 7 nitrogen and oxygen atoms in total. The molecule has 92 valence electrons. The fourth-order valence-corrected chi connectivity index (χ4v) is 1.13. The van der Waals surface area contributed by atoms with Gasteiger partial charge in [0.25, 0.3) is 0 Å². The Bertz CT molecular complexity index is 442. The highest BCUT2D eigenvalue weighted by atomic mass is 32.1. The number of hydrogen-bond acceptors (Lipinski definition) is 4. The molecule has 0 aliphatic heterocycles. The molecule has 0 aromatic carbocycles. The van der Waals surface area contributed by atoms with Gasteiger partial charge >= 0.3 is 11.8 Å². The molecule has 0 aliphatic carbocycles. The van der Waals surface area contributed by atoms with Crippen molar-refractivity contribution in [3.8, 4) is 0 Å². The van der Waals surface area contributed by atoms with Gasteiger partial charge in [-0.3, -0.25) is 14.3 Å². The van der Waals surface area contributed by atoms with E-state index in [1.54, 1.807) is 24.0 Å². The van der Waals surface area contributed by atoms with Crippen molar-refractivity contribution in [2.45, 2.75) is 6.54 Å². The van der Waals surface area contributed by atoms with Gasteiger partial charge in [-0.15, -0.1) is 0 Å². The summed E-state index contributed by atoms with van der Waals surface area (Å²) in [5, 5.41) is 8.75. The second-order valence-corrected chi connectivity index (χ2v) is 3.84. The summed E-state index contributed by atoms with van der Waals surface area (Å²) < 4.78 is 1.61. The molecule has 2 amide bonds. The van der Waals surface area contributed by atoms with Crippen molar-refractivity contribution in [1.29, 1.82) is 0 Å². The summed E-state index contributed by atoms with van der Waals surface area (Å²) in [6.07, 6.45) is 1.74. The molecule has 1 aromatic rings. The van der Waals surface area contributed by atoms with E-state index in [-0.39, 0.29) is 18.1 Å². The van der Waals surface area contributed by atoms with Crippen molar-refractivity contribution in [1.82, 2.24) is 20.4 Å². The maximum Gasteiger partial charge on any atom is 0.309 e. The van der Waals surface area contributed by atoms with Gasteiger partial charge in [0.2, 0.25) is 0 Å². The molecule has 0 spiro atoms. The topological polar surface area (TPSA) is 102 Å². The fraction of sp³-hybridized carbons (Fsp3) is 0.333. The van der Waals surface area contributed by atoms with Crippen LogP contribution in [0.5, 0.6) is 0 Å². The molecule has 0 saturated carbocycles. The lowest BCUT2D eigenvalue weighted by atomic mass is 10.4. The van der Waals surface area contributed by atoms with Crippen LogP contribution < -0.4 is 16.4 Å². The van der Waals surface area contributed by atoms with Crippen LogP contribution in [0, 0.1) is 0 Å². The minimum Gasteiger partial charge on any atom is -0.392 e. The van der Waals surface area contributed by atoms with Crippen LogP contribution in [0.25, 0.3) is 0 Å². The van der Waals surface area contributed by atoms with Gasteiger partial charge in [-0.2, -0.15) is 5.10 Å². The average molecular weight is 255 g/mol. The number of aryl methyl sites for hydroxylation is 1. The van der Waals surface area contributed by atoms with Gasteiger partial charge in [-0.05, 0) is 6.07 Å². The zero-order valence-electron chi connectivity index (χ0n) is 9.27. The first-order valence-electron chi connectivity index (χ1n) is 4.82. The molecule has 0 aliphatic rings. The van der Waals surface area contributed by atoms with E-state index < -0.39 is 11.8 Å². The number of amides is 2. The molecule has 1 heterocycles. The summed E-state index contributed by atoms with van der Waals surface area (Å²) in [5.41, 5.74) is 5.85. The highest BCUT2D eigenvalue weighted by Gasteiger charge is 2.12. The minimum absolute atomic E-state index is 0.00513. The van der Waals surface area contributed by atoms with Crippen molar-refractivity contribution in [2.75, 3.05) is 6.54 Å². The molecule has 0 radical (unpaired) electrons. The number of rotatable bonds is 4. The highest BCUT2D eigenvalue weighted by molar-refractivity contribution is 7.80. The molecular formula is C9H13N5O2S. The predicted octanol–water partition coefficient (Wildman–Crippen LogP) is -1.56. The summed E-state index contributed by atoms with van der Waals surface area (Å²) in [4.78, 5) is 22.6. The number of carbonyl (C=O) groups excluding carboxylic acids is 2. The summed E-state index contributed by atoms with van der Waals surface area (Å²) in [7, 11) is 1.76. The molecule has 0 unspecified atom stereocenters. The number of aromatic nitrogens is 2. The van der Waals surface area contributed by atoms with Crippen molar-refractivity contribution in [2.24, 2.45) is 12.8 Å². The lowest BCUT2D eigenvalue weighted by Crippen LogP contribution is -2.42. The Balaban J connectivity index is 2.34. The van der Waals surface area contributed by atoms with Crippen molar-refractivity contribution >= 4 is 29.0 Å². The average Bonchev–Trinajstić information content (AvgIpc) is 2.68. The van der Waals surface area contributed by atoms with Crippen molar-refractivity contribution in [3.63, 3.8) is 0 Å². The van der Waals surface area contributed by atoms with E-state index in [0.717, 1.165) is 0 Å². The number of hydrogen-bond donors (Lipinski definition) is 3. The fourth-order valence-electron chi connectivity index (χ4n) is 1.06. The molecule has 1 rings (SSSR count). The SMILES string of the molecule is Cn1ccc(CNC(=O)C(=O)NCC(N)=S)n1. The highest BCUT2D eigenvalue weighted by Crippen LogP contribution is 1.92. The first kappa shape index (κ1) is 13.1. The second-order valence-electron chi connectivity index (χ2n) is 3.31. The van der Waals surface area contributed by atoms with E-state index in [4.69, 9.17) is 5.73 Å². The van der Waals surface area contributed by atoms with E-state index >= 15 is 0 Å². The molecule has 8 heteroatoms. The van der Waals surface area contributed by atoms with Crippen molar-refractivity contribution in [3.05, 3.63) is 18.0 Å². The van der Waals surface area contributed by atoms with Gasteiger partial charge < -0.3 is 16.4 Å². The smallest absolute Gasteiger partial charge is 0.309 e. The van der Waals surface area contributed by atoms with Gasteiger partial charge in [0.1, 0.15) is 0 Å². The van der Waals surface area contributed by atoms with E-state index in [9.17, 15) is 9.59 Å². The van der Waals surface area contributed by atoms with E-state index in [1.165, 1.54) is 0 Å². The minimum atomic E-state index is -0.770. The third kappa shape index (κ3) is 4.60. The molecular weight excluding hydrogens is 242 g/mol. The largest absolute Gasteiger partial charge is 0.392 e. The molecule has 0 fully saturated rings.